The van der Waals surface area contributed by atoms with Gasteiger partial charge < -0.3 is 23.8 Å². The Balaban J connectivity index is 1.74. The van der Waals surface area contributed by atoms with Gasteiger partial charge in [0.25, 0.3) is 5.91 Å². The van der Waals surface area contributed by atoms with Crippen molar-refractivity contribution in [2.75, 3.05) is 27.9 Å². The van der Waals surface area contributed by atoms with Crippen LogP contribution in [0.4, 0.5) is 0 Å². The second-order valence-electron chi connectivity index (χ2n) is 7.20. The number of rotatable bonds is 10. The Hall–Kier alpha value is -4.00. The number of nitrogens with zero attached hydrogens (tertiary/aromatic N) is 1. The van der Waals surface area contributed by atoms with Crippen molar-refractivity contribution in [3.05, 3.63) is 89.5 Å². The zero-order valence-electron chi connectivity index (χ0n) is 18.9. The summed E-state index contributed by atoms with van der Waals surface area (Å²) in [6.45, 7) is 0.383. The molecule has 0 aliphatic rings. The molecule has 0 saturated carbocycles. The summed E-state index contributed by atoms with van der Waals surface area (Å²) in [5, 5.41) is 0. The molecule has 7 nitrogen and oxygen atoms in total. The zero-order valence-corrected chi connectivity index (χ0v) is 18.9. The Morgan fingerprint density at radius 1 is 0.697 bits per heavy atom. The van der Waals surface area contributed by atoms with Crippen LogP contribution in [0, 0.1) is 0 Å². The SMILES string of the molecule is COc1cc(OC)c(C(=O)OCC(=O)N(Cc2ccccc2)Cc2ccccc2)cc1OC. The topological polar surface area (TPSA) is 74.3 Å². The largest absolute Gasteiger partial charge is 0.496 e. The normalized spacial score (nSPS) is 10.3. The molecule has 1 amide bonds. The zero-order chi connectivity index (χ0) is 23.6. The summed E-state index contributed by atoms with van der Waals surface area (Å²) in [5.41, 5.74) is 2.10. The molecule has 0 atom stereocenters. The van der Waals surface area contributed by atoms with Crippen molar-refractivity contribution in [3.63, 3.8) is 0 Å². The average molecular weight is 450 g/mol. The Kier molecular flexibility index (Phi) is 8.30. The van der Waals surface area contributed by atoms with Crippen LogP contribution in [0.3, 0.4) is 0 Å². The molecule has 7 heteroatoms. The van der Waals surface area contributed by atoms with E-state index < -0.39 is 12.6 Å². The fraction of sp³-hybridized carbons (Fsp3) is 0.231. The van der Waals surface area contributed by atoms with E-state index in [9.17, 15) is 9.59 Å². The van der Waals surface area contributed by atoms with E-state index in [4.69, 9.17) is 18.9 Å². The highest BCUT2D eigenvalue weighted by atomic mass is 16.5. The molecule has 0 spiro atoms. The van der Waals surface area contributed by atoms with Gasteiger partial charge in [0.15, 0.2) is 18.1 Å². The maximum Gasteiger partial charge on any atom is 0.342 e. The number of ether oxygens (including phenoxy) is 4. The molecule has 0 fully saturated rings. The first kappa shape index (κ1) is 23.7. The number of carbonyl (C=O) groups is 2. The van der Waals surface area contributed by atoms with Crippen molar-refractivity contribution < 1.29 is 28.5 Å². The summed E-state index contributed by atoms with van der Waals surface area (Å²) in [6.07, 6.45) is 0. The second kappa shape index (κ2) is 11.6. The van der Waals surface area contributed by atoms with Crippen LogP contribution in [0.2, 0.25) is 0 Å². The minimum Gasteiger partial charge on any atom is -0.496 e. The van der Waals surface area contributed by atoms with Gasteiger partial charge in [-0.1, -0.05) is 60.7 Å². The molecule has 172 valence electrons. The quantitative estimate of drug-likeness (QED) is 0.434. The third-order valence-electron chi connectivity index (χ3n) is 5.04. The molecular weight excluding hydrogens is 422 g/mol. The van der Waals surface area contributed by atoms with Crippen LogP contribution in [0.5, 0.6) is 17.2 Å². The van der Waals surface area contributed by atoms with Gasteiger partial charge in [-0.2, -0.15) is 0 Å². The summed E-state index contributed by atoms with van der Waals surface area (Å²) in [4.78, 5) is 27.5. The van der Waals surface area contributed by atoms with Crippen LogP contribution < -0.4 is 14.2 Å². The molecular formula is C26H27NO6. The van der Waals surface area contributed by atoms with E-state index in [-0.39, 0.29) is 17.2 Å². The number of benzene rings is 3. The molecule has 0 heterocycles. The standard InChI is InChI=1S/C26H27NO6/c1-30-22-15-24(32-3)23(31-2)14-21(22)26(29)33-18-25(28)27(16-19-10-6-4-7-11-19)17-20-12-8-5-9-13-20/h4-15H,16-18H2,1-3H3. The number of methoxy groups -OCH3 is 3. The van der Waals surface area contributed by atoms with Crippen molar-refractivity contribution >= 4 is 11.9 Å². The van der Waals surface area contributed by atoms with E-state index in [2.05, 4.69) is 0 Å². The molecule has 0 radical (unpaired) electrons. The highest BCUT2D eigenvalue weighted by molar-refractivity contribution is 5.95. The predicted octanol–water partition coefficient (Wildman–Crippen LogP) is 4.10. The first-order valence-electron chi connectivity index (χ1n) is 10.4. The van der Waals surface area contributed by atoms with Gasteiger partial charge in [0.05, 0.1) is 21.3 Å². The van der Waals surface area contributed by atoms with Crippen molar-refractivity contribution in [2.45, 2.75) is 13.1 Å². The van der Waals surface area contributed by atoms with Gasteiger partial charge in [-0.05, 0) is 11.1 Å². The lowest BCUT2D eigenvalue weighted by Gasteiger charge is -2.23. The van der Waals surface area contributed by atoms with Crippen molar-refractivity contribution in [3.8, 4) is 17.2 Å². The van der Waals surface area contributed by atoms with E-state index in [0.29, 0.717) is 24.6 Å². The van der Waals surface area contributed by atoms with E-state index in [0.717, 1.165) is 11.1 Å². The van der Waals surface area contributed by atoms with E-state index in [1.807, 2.05) is 60.7 Å². The molecule has 0 aliphatic heterocycles. The Bertz CT molecular complexity index is 1030. The first-order valence-corrected chi connectivity index (χ1v) is 10.4. The molecule has 0 N–H and O–H groups in total. The fourth-order valence-corrected chi connectivity index (χ4v) is 3.32. The van der Waals surface area contributed by atoms with Gasteiger partial charge >= 0.3 is 5.97 Å². The first-order chi connectivity index (χ1) is 16.0. The number of amides is 1. The van der Waals surface area contributed by atoms with Crippen LogP contribution in [0.25, 0.3) is 0 Å². The van der Waals surface area contributed by atoms with Crippen LogP contribution in [0.1, 0.15) is 21.5 Å². The van der Waals surface area contributed by atoms with Crippen LogP contribution >= 0.6 is 0 Å². The summed E-state index contributed by atoms with van der Waals surface area (Å²) in [7, 11) is 4.39. The van der Waals surface area contributed by atoms with Crippen LogP contribution in [-0.2, 0) is 22.6 Å². The molecule has 3 aromatic carbocycles. The van der Waals surface area contributed by atoms with Gasteiger partial charge in [0.2, 0.25) is 0 Å². The molecule has 0 saturated heterocycles. The fourth-order valence-electron chi connectivity index (χ4n) is 3.32. The van der Waals surface area contributed by atoms with E-state index >= 15 is 0 Å². The molecule has 3 rings (SSSR count). The molecule has 0 bridgehead atoms. The van der Waals surface area contributed by atoms with E-state index in [1.54, 1.807) is 4.90 Å². The Morgan fingerprint density at radius 2 is 1.18 bits per heavy atom. The van der Waals surface area contributed by atoms with Crippen LogP contribution in [0.15, 0.2) is 72.8 Å². The smallest absolute Gasteiger partial charge is 0.342 e. The maximum atomic E-state index is 13.0. The molecule has 0 aliphatic carbocycles. The summed E-state index contributed by atoms with van der Waals surface area (Å²) in [5.74, 6) is 0.0248. The molecule has 3 aromatic rings. The van der Waals surface area contributed by atoms with Gasteiger partial charge in [-0.25, -0.2) is 4.79 Å². The lowest BCUT2D eigenvalue weighted by Crippen LogP contribution is -2.34. The number of esters is 1. The van der Waals surface area contributed by atoms with Gasteiger partial charge in [0.1, 0.15) is 11.3 Å². The van der Waals surface area contributed by atoms with Gasteiger partial charge in [-0.15, -0.1) is 0 Å². The number of hydrogen-bond acceptors (Lipinski definition) is 6. The highest BCUT2D eigenvalue weighted by Gasteiger charge is 2.22. The highest BCUT2D eigenvalue weighted by Crippen LogP contribution is 2.34. The molecule has 33 heavy (non-hydrogen) atoms. The predicted molar refractivity (Wildman–Crippen MR) is 124 cm³/mol. The lowest BCUT2D eigenvalue weighted by molar-refractivity contribution is -0.135. The third kappa shape index (κ3) is 6.26. The maximum absolute atomic E-state index is 13.0. The van der Waals surface area contributed by atoms with E-state index in [1.165, 1.54) is 33.5 Å². The summed E-state index contributed by atoms with van der Waals surface area (Å²) >= 11 is 0. The number of carbonyl (C=O) groups excluding carboxylic acids is 2. The molecule has 0 aromatic heterocycles. The minimum atomic E-state index is -0.694. The Labute approximate surface area is 193 Å². The van der Waals surface area contributed by atoms with Gasteiger partial charge in [0, 0.05) is 25.2 Å². The average Bonchev–Trinajstić information content (AvgIpc) is 2.87. The summed E-state index contributed by atoms with van der Waals surface area (Å²) < 4.78 is 21.1. The van der Waals surface area contributed by atoms with Crippen molar-refractivity contribution in [1.29, 1.82) is 0 Å². The van der Waals surface area contributed by atoms with Crippen molar-refractivity contribution in [2.24, 2.45) is 0 Å². The minimum absolute atomic E-state index is 0.139. The lowest BCUT2D eigenvalue weighted by atomic mass is 10.1. The molecule has 0 unspecified atom stereocenters. The number of hydrogen-bond donors (Lipinski definition) is 0. The Morgan fingerprint density at radius 3 is 1.67 bits per heavy atom. The second-order valence-corrected chi connectivity index (χ2v) is 7.20. The van der Waals surface area contributed by atoms with Crippen LogP contribution in [-0.4, -0.2) is 44.7 Å². The summed E-state index contributed by atoms with van der Waals surface area (Å²) in [6, 6.07) is 22.3. The monoisotopic (exact) mass is 449 g/mol. The van der Waals surface area contributed by atoms with Gasteiger partial charge in [-0.3, -0.25) is 4.79 Å². The third-order valence-corrected chi connectivity index (χ3v) is 5.04. The van der Waals surface area contributed by atoms with Crippen molar-refractivity contribution in [1.82, 2.24) is 4.90 Å².